The van der Waals surface area contributed by atoms with Crippen LogP contribution in [-0.2, 0) is 14.8 Å². The Kier molecular flexibility index (Phi) is 5.66. The molecule has 2 fully saturated rings. The van der Waals surface area contributed by atoms with Crippen LogP contribution in [0.25, 0.3) is 0 Å². The highest BCUT2D eigenvalue weighted by atomic mass is 35.5. The number of amides is 1. The predicted octanol–water partition coefficient (Wildman–Crippen LogP) is 3.40. The fourth-order valence-corrected chi connectivity index (χ4v) is 6.40. The van der Waals surface area contributed by atoms with Crippen molar-refractivity contribution in [3.05, 3.63) is 65.2 Å². The van der Waals surface area contributed by atoms with Crippen molar-refractivity contribution >= 4 is 27.5 Å². The summed E-state index contributed by atoms with van der Waals surface area (Å²) in [6, 6.07) is 15.9. The van der Waals surface area contributed by atoms with Crippen LogP contribution in [0.4, 0.5) is 0 Å². The van der Waals surface area contributed by atoms with Gasteiger partial charge in [0.1, 0.15) is 0 Å². The molecule has 0 radical (unpaired) electrons. The largest absolute Gasteiger partial charge is 0.316 e. The van der Waals surface area contributed by atoms with E-state index in [0.29, 0.717) is 31.0 Å². The van der Waals surface area contributed by atoms with Crippen LogP contribution in [0.2, 0.25) is 5.02 Å². The van der Waals surface area contributed by atoms with E-state index in [4.69, 9.17) is 11.6 Å². The molecule has 6 nitrogen and oxygen atoms in total. The minimum Gasteiger partial charge on any atom is -0.316 e. The maximum Gasteiger partial charge on any atom is 0.243 e. The van der Waals surface area contributed by atoms with Gasteiger partial charge in [0, 0.05) is 18.1 Å². The number of rotatable bonds is 4. The molecule has 1 N–H and O–H groups in total. The van der Waals surface area contributed by atoms with Gasteiger partial charge in [0.2, 0.25) is 15.9 Å². The van der Waals surface area contributed by atoms with E-state index in [2.05, 4.69) is 5.32 Å². The second-order valence-corrected chi connectivity index (χ2v) is 10.4. The fourth-order valence-electron chi connectivity index (χ4n) is 4.65. The lowest BCUT2D eigenvalue weighted by molar-refractivity contribution is -0.136. The van der Waals surface area contributed by atoms with Crippen LogP contribution < -0.4 is 5.32 Å². The average molecular weight is 448 g/mol. The van der Waals surface area contributed by atoms with Crippen LogP contribution >= 0.6 is 11.6 Å². The Hall–Kier alpha value is -1.93. The van der Waals surface area contributed by atoms with Crippen LogP contribution in [0.5, 0.6) is 0 Å². The first-order valence-electron chi connectivity index (χ1n) is 10.2. The molecular formula is C22H26ClN3O3S. The summed E-state index contributed by atoms with van der Waals surface area (Å²) in [4.78, 5) is 15.2. The monoisotopic (exact) mass is 447 g/mol. The molecule has 4 rings (SSSR count). The molecule has 1 spiro atoms. The topological polar surface area (TPSA) is 69.7 Å². The normalized spacial score (nSPS) is 23.1. The van der Waals surface area contributed by atoms with Gasteiger partial charge >= 0.3 is 0 Å². The highest BCUT2D eigenvalue weighted by Crippen LogP contribution is 2.39. The molecule has 2 aromatic carbocycles. The zero-order valence-electron chi connectivity index (χ0n) is 17.1. The molecule has 30 heavy (non-hydrogen) atoms. The van der Waals surface area contributed by atoms with Gasteiger partial charge in [-0.3, -0.25) is 10.1 Å². The molecule has 2 aliphatic rings. The van der Waals surface area contributed by atoms with Gasteiger partial charge in [-0.05, 0) is 50.5 Å². The Morgan fingerprint density at radius 1 is 1.10 bits per heavy atom. The molecule has 0 aliphatic carbocycles. The van der Waals surface area contributed by atoms with E-state index in [1.807, 2.05) is 49.1 Å². The van der Waals surface area contributed by atoms with Gasteiger partial charge in [0.15, 0.2) is 0 Å². The zero-order chi connectivity index (χ0) is 21.5. The Bertz CT molecular complexity index is 1040. The highest BCUT2D eigenvalue weighted by molar-refractivity contribution is 7.89. The Morgan fingerprint density at radius 3 is 2.40 bits per heavy atom. The summed E-state index contributed by atoms with van der Waals surface area (Å²) in [6.45, 7) is 4.57. The Balaban J connectivity index is 1.58. The second-order valence-electron chi connectivity index (χ2n) is 8.05. The van der Waals surface area contributed by atoms with Gasteiger partial charge in [-0.1, -0.05) is 48.0 Å². The predicted molar refractivity (Wildman–Crippen MR) is 116 cm³/mol. The Morgan fingerprint density at radius 2 is 1.77 bits per heavy atom. The van der Waals surface area contributed by atoms with Crippen molar-refractivity contribution in [2.75, 3.05) is 13.1 Å². The molecule has 0 saturated carbocycles. The lowest BCUT2D eigenvalue weighted by Crippen LogP contribution is -2.59. The van der Waals surface area contributed by atoms with Gasteiger partial charge in [-0.25, -0.2) is 8.42 Å². The summed E-state index contributed by atoms with van der Waals surface area (Å²) in [6.07, 6.45) is 1.06. The van der Waals surface area contributed by atoms with E-state index in [-0.39, 0.29) is 22.9 Å². The number of hydrogen-bond donors (Lipinski definition) is 1. The summed E-state index contributed by atoms with van der Waals surface area (Å²) in [5.74, 6) is 0.0532. The number of nitrogens with zero attached hydrogens (tertiary/aromatic N) is 2. The third-order valence-electron chi connectivity index (χ3n) is 6.21. The number of carbonyl (C=O) groups excluding carboxylic acids is 1. The number of carbonyl (C=O) groups is 1. The number of hydrogen-bond acceptors (Lipinski definition) is 4. The second kappa shape index (κ2) is 7.96. The minimum atomic E-state index is -3.63. The van der Waals surface area contributed by atoms with Gasteiger partial charge < -0.3 is 4.90 Å². The molecule has 2 saturated heterocycles. The van der Waals surface area contributed by atoms with Gasteiger partial charge in [-0.2, -0.15) is 4.31 Å². The van der Waals surface area contributed by atoms with E-state index in [0.717, 1.165) is 5.56 Å². The maximum absolute atomic E-state index is 13.1. The smallest absolute Gasteiger partial charge is 0.243 e. The van der Waals surface area contributed by atoms with Crippen LogP contribution in [0.3, 0.4) is 0 Å². The quantitative estimate of drug-likeness (QED) is 0.779. The molecule has 2 aromatic rings. The summed E-state index contributed by atoms with van der Waals surface area (Å²) in [5, 5.41) is 3.87. The average Bonchev–Trinajstić information content (AvgIpc) is 2.98. The third kappa shape index (κ3) is 3.64. The Labute approximate surface area is 182 Å². The van der Waals surface area contributed by atoms with E-state index < -0.39 is 15.7 Å². The maximum atomic E-state index is 13.1. The van der Waals surface area contributed by atoms with Gasteiger partial charge in [0.25, 0.3) is 0 Å². The van der Waals surface area contributed by atoms with Crippen molar-refractivity contribution in [3.63, 3.8) is 0 Å². The molecule has 2 heterocycles. The highest BCUT2D eigenvalue weighted by Gasteiger charge is 2.52. The van der Waals surface area contributed by atoms with E-state index in [1.54, 1.807) is 18.2 Å². The molecule has 2 aliphatic heterocycles. The standard InChI is InChI=1S/C22H26ClN3O3S/c1-16-21(27)26(17(2)18-7-4-3-5-8-18)22(24-16)11-13-25(14-12-22)30(28,29)20-10-6-9-19(23)15-20/h3-10,15-17,24H,11-14H2,1-2H3/t16-,17-/m0/s1. The molecule has 2 atom stereocenters. The first kappa shape index (κ1) is 21.3. The third-order valence-corrected chi connectivity index (χ3v) is 8.34. The number of piperidine rings is 1. The zero-order valence-corrected chi connectivity index (χ0v) is 18.7. The van der Waals surface area contributed by atoms with Crippen LogP contribution in [0.15, 0.2) is 59.5 Å². The fraction of sp³-hybridized carbons (Fsp3) is 0.409. The molecule has 1 amide bonds. The molecule has 0 unspecified atom stereocenters. The number of halogens is 1. The number of nitrogens with one attached hydrogen (secondary N) is 1. The first-order valence-corrected chi connectivity index (χ1v) is 12.0. The van der Waals surface area contributed by atoms with Crippen molar-refractivity contribution < 1.29 is 13.2 Å². The first-order chi connectivity index (χ1) is 14.2. The van der Waals surface area contributed by atoms with Gasteiger partial charge in [-0.15, -0.1) is 0 Å². The summed E-state index contributed by atoms with van der Waals surface area (Å²) in [7, 11) is -3.63. The van der Waals surface area contributed by atoms with Crippen molar-refractivity contribution in [2.24, 2.45) is 0 Å². The molecule has 160 valence electrons. The van der Waals surface area contributed by atoms with Crippen molar-refractivity contribution in [1.82, 2.24) is 14.5 Å². The lowest BCUT2D eigenvalue weighted by Gasteiger charge is -2.46. The van der Waals surface area contributed by atoms with Crippen molar-refractivity contribution in [2.45, 2.75) is 49.3 Å². The van der Waals surface area contributed by atoms with E-state index >= 15 is 0 Å². The molecular weight excluding hydrogens is 422 g/mol. The summed E-state index contributed by atoms with van der Waals surface area (Å²) >= 11 is 6.00. The van der Waals surface area contributed by atoms with Gasteiger partial charge in [0.05, 0.1) is 22.6 Å². The molecule has 8 heteroatoms. The summed E-state index contributed by atoms with van der Waals surface area (Å²) in [5.41, 5.74) is 0.515. The van der Waals surface area contributed by atoms with Crippen LogP contribution in [0.1, 0.15) is 38.3 Å². The van der Waals surface area contributed by atoms with Crippen molar-refractivity contribution in [1.29, 1.82) is 0 Å². The lowest BCUT2D eigenvalue weighted by atomic mass is 9.94. The molecule has 0 bridgehead atoms. The minimum absolute atomic E-state index is 0.0532. The van der Waals surface area contributed by atoms with Crippen LogP contribution in [-0.4, -0.2) is 48.3 Å². The van der Waals surface area contributed by atoms with E-state index in [9.17, 15) is 13.2 Å². The number of sulfonamides is 1. The van der Waals surface area contributed by atoms with Crippen LogP contribution in [0, 0.1) is 0 Å². The van der Waals surface area contributed by atoms with E-state index in [1.165, 1.54) is 10.4 Å². The molecule has 0 aromatic heterocycles. The van der Waals surface area contributed by atoms with Crippen molar-refractivity contribution in [3.8, 4) is 0 Å². The number of benzene rings is 2. The SMILES string of the molecule is C[C@@H]1NC2(CCN(S(=O)(=O)c3cccc(Cl)c3)CC2)N([C@@H](C)c2ccccc2)C1=O. The summed E-state index contributed by atoms with van der Waals surface area (Å²) < 4.78 is 27.6.